The maximum Gasteiger partial charge on any atom is 0.259 e. The predicted octanol–water partition coefficient (Wildman–Crippen LogP) is 5.00. The number of amides is 1. The number of Topliss-reactive ketones (excluding diaryl/α,β-unsaturated/α-hetero) is 1. The number of carbonyl (C=O) groups excluding carboxylic acids is 2. The smallest absolute Gasteiger partial charge is 0.259 e. The van der Waals surface area contributed by atoms with Crippen molar-refractivity contribution in [1.29, 1.82) is 0 Å². The molecule has 0 aliphatic carbocycles. The maximum atomic E-state index is 13.5. The number of H-pyrrole nitrogens is 1. The molecule has 5 nitrogen and oxygen atoms in total. The van der Waals surface area contributed by atoms with Crippen LogP contribution in [0.15, 0.2) is 79.0 Å². The van der Waals surface area contributed by atoms with Crippen LogP contribution in [0.3, 0.4) is 0 Å². The van der Waals surface area contributed by atoms with Crippen LogP contribution in [0.2, 0.25) is 0 Å². The number of nitrogens with zero attached hydrogens (tertiary/aromatic N) is 2. The predicted molar refractivity (Wildman–Crippen MR) is 136 cm³/mol. The highest BCUT2D eigenvalue weighted by Crippen LogP contribution is 2.41. The van der Waals surface area contributed by atoms with Gasteiger partial charge in [-0.05, 0) is 41.7 Å². The Bertz CT molecular complexity index is 1550. The van der Waals surface area contributed by atoms with Gasteiger partial charge in [-0.1, -0.05) is 60.7 Å². The van der Waals surface area contributed by atoms with Gasteiger partial charge >= 0.3 is 0 Å². The minimum atomic E-state index is -0.0222. The summed E-state index contributed by atoms with van der Waals surface area (Å²) in [6, 6.07) is 22.3. The van der Waals surface area contributed by atoms with Crippen molar-refractivity contribution in [2.75, 3.05) is 19.6 Å². The van der Waals surface area contributed by atoms with E-state index in [1.165, 1.54) is 16.7 Å². The molecule has 4 aromatic rings. The fourth-order valence-corrected chi connectivity index (χ4v) is 6.13. The van der Waals surface area contributed by atoms with E-state index in [9.17, 15) is 9.59 Å². The van der Waals surface area contributed by atoms with Crippen molar-refractivity contribution in [2.45, 2.75) is 18.9 Å². The van der Waals surface area contributed by atoms with Gasteiger partial charge in [0.05, 0.1) is 12.6 Å². The Morgan fingerprint density at radius 3 is 2.66 bits per heavy atom. The number of allylic oxidation sites excluding steroid dienone is 1. The molecule has 172 valence electrons. The SMILES string of the molecule is O=C(CN1CCc2cccc3c2C1CN1C(=O)c2ccccc2/C1=C\C3)c1c[nH]c2ccccc12. The highest BCUT2D eigenvalue weighted by molar-refractivity contribution is 6.10. The fourth-order valence-electron chi connectivity index (χ4n) is 6.13. The van der Waals surface area contributed by atoms with Crippen LogP contribution in [0, 0.1) is 0 Å². The molecule has 3 aromatic carbocycles. The first kappa shape index (κ1) is 20.4. The van der Waals surface area contributed by atoms with Gasteiger partial charge in [-0.2, -0.15) is 0 Å². The summed E-state index contributed by atoms with van der Waals surface area (Å²) in [4.78, 5) is 34.4. The van der Waals surface area contributed by atoms with E-state index in [0.29, 0.717) is 13.1 Å². The van der Waals surface area contributed by atoms with Gasteiger partial charge in [0.15, 0.2) is 5.78 Å². The van der Waals surface area contributed by atoms with Gasteiger partial charge < -0.3 is 9.88 Å². The number of benzene rings is 3. The molecular formula is C30H25N3O2. The van der Waals surface area contributed by atoms with Crippen LogP contribution >= 0.6 is 0 Å². The topological polar surface area (TPSA) is 56.4 Å². The molecule has 3 aliphatic rings. The standard InChI is InChI=1S/C30H25N3O2/c34-28(24-16-31-25-11-4-3-8-21(24)25)18-32-15-14-20-7-5-6-19-12-13-26-22-9-1-2-10-23(22)30(35)33(26)17-27(32)29(19)20/h1-11,13,16,27,31H,12,14-15,17-18H2/b26-13+. The molecule has 0 saturated carbocycles. The van der Waals surface area contributed by atoms with E-state index in [0.717, 1.165) is 52.7 Å². The lowest BCUT2D eigenvalue weighted by atomic mass is 9.85. The van der Waals surface area contributed by atoms with Crippen LogP contribution in [-0.2, 0) is 12.8 Å². The zero-order valence-electron chi connectivity index (χ0n) is 19.3. The number of hydrogen-bond donors (Lipinski definition) is 1. The van der Waals surface area contributed by atoms with Crippen molar-refractivity contribution < 1.29 is 9.59 Å². The van der Waals surface area contributed by atoms with Crippen molar-refractivity contribution >= 4 is 28.3 Å². The Morgan fingerprint density at radius 2 is 1.74 bits per heavy atom. The summed E-state index contributed by atoms with van der Waals surface area (Å²) in [5.74, 6) is 0.165. The van der Waals surface area contributed by atoms with Crippen LogP contribution in [0.5, 0.6) is 0 Å². The second-order valence-electron chi connectivity index (χ2n) is 9.65. The molecule has 1 N–H and O–H groups in total. The Balaban J connectivity index is 1.28. The van der Waals surface area contributed by atoms with E-state index >= 15 is 0 Å². The number of para-hydroxylation sites is 1. The van der Waals surface area contributed by atoms with Crippen LogP contribution < -0.4 is 0 Å². The van der Waals surface area contributed by atoms with Crippen molar-refractivity contribution in [2.24, 2.45) is 0 Å². The summed E-state index contributed by atoms with van der Waals surface area (Å²) in [5.41, 5.74) is 8.40. The van der Waals surface area contributed by atoms with E-state index < -0.39 is 0 Å². The molecule has 0 bridgehead atoms. The lowest BCUT2D eigenvalue weighted by Crippen LogP contribution is -2.45. The van der Waals surface area contributed by atoms with Crippen LogP contribution in [0.4, 0.5) is 0 Å². The third-order valence-corrected chi connectivity index (χ3v) is 7.81. The van der Waals surface area contributed by atoms with Crippen LogP contribution in [-0.4, -0.2) is 46.1 Å². The summed E-state index contributed by atoms with van der Waals surface area (Å²) in [6.45, 7) is 1.67. The Morgan fingerprint density at radius 1 is 0.943 bits per heavy atom. The highest BCUT2D eigenvalue weighted by atomic mass is 16.2. The van der Waals surface area contributed by atoms with Crippen molar-refractivity contribution in [3.63, 3.8) is 0 Å². The highest BCUT2D eigenvalue weighted by Gasteiger charge is 2.39. The first-order chi connectivity index (χ1) is 17.2. The van der Waals surface area contributed by atoms with Crippen LogP contribution in [0.25, 0.3) is 16.6 Å². The number of aromatic amines is 1. The summed E-state index contributed by atoms with van der Waals surface area (Å²) < 4.78 is 0. The number of fused-ring (bicyclic) bond motifs is 4. The molecule has 0 fully saturated rings. The number of carbonyl (C=O) groups is 2. The average molecular weight is 460 g/mol. The second-order valence-corrected chi connectivity index (χ2v) is 9.65. The van der Waals surface area contributed by atoms with Crippen molar-refractivity contribution in [3.8, 4) is 0 Å². The van der Waals surface area contributed by atoms with Crippen molar-refractivity contribution in [3.05, 3.63) is 112 Å². The molecule has 0 saturated heterocycles. The zero-order valence-corrected chi connectivity index (χ0v) is 19.3. The number of ketones is 1. The summed E-state index contributed by atoms with van der Waals surface area (Å²) in [5, 5.41) is 0.962. The molecular weight excluding hydrogens is 434 g/mol. The monoisotopic (exact) mass is 459 g/mol. The third kappa shape index (κ3) is 3.12. The van der Waals surface area contributed by atoms with Gasteiger partial charge in [0, 0.05) is 52.6 Å². The first-order valence-corrected chi connectivity index (χ1v) is 12.2. The van der Waals surface area contributed by atoms with E-state index in [1.807, 2.05) is 59.6 Å². The van der Waals surface area contributed by atoms with E-state index in [1.54, 1.807) is 0 Å². The summed E-state index contributed by atoms with van der Waals surface area (Å²) in [6.07, 6.45) is 5.71. The number of rotatable bonds is 3. The molecule has 1 atom stereocenters. The van der Waals surface area contributed by atoms with Gasteiger partial charge in [0.2, 0.25) is 0 Å². The van der Waals surface area contributed by atoms with E-state index in [-0.39, 0.29) is 17.7 Å². The molecule has 5 heteroatoms. The molecule has 1 amide bonds. The Labute approximate surface area is 203 Å². The molecule has 0 spiro atoms. The quantitative estimate of drug-likeness (QED) is 0.439. The van der Waals surface area contributed by atoms with Gasteiger partial charge in [0.1, 0.15) is 0 Å². The lowest BCUT2D eigenvalue weighted by Gasteiger charge is -2.41. The lowest BCUT2D eigenvalue weighted by molar-refractivity contribution is 0.0758. The summed E-state index contributed by atoms with van der Waals surface area (Å²) in [7, 11) is 0. The summed E-state index contributed by atoms with van der Waals surface area (Å²) >= 11 is 0. The Hall–Kier alpha value is -3.96. The number of nitrogens with one attached hydrogen (secondary N) is 1. The molecule has 4 heterocycles. The number of hydrogen-bond acceptors (Lipinski definition) is 3. The fraction of sp³-hybridized carbons (Fsp3) is 0.200. The molecule has 1 unspecified atom stereocenters. The minimum absolute atomic E-state index is 0.0222. The largest absolute Gasteiger partial charge is 0.360 e. The zero-order chi connectivity index (χ0) is 23.5. The van der Waals surface area contributed by atoms with Crippen LogP contribution in [0.1, 0.15) is 49.0 Å². The van der Waals surface area contributed by atoms with E-state index in [2.05, 4.69) is 34.2 Å². The molecule has 1 aromatic heterocycles. The maximum absolute atomic E-state index is 13.5. The van der Waals surface area contributed by atoms with Gasteiger partial charge in [-0.15, -0.1) is 0 Å². The second kappa shape index (κ2) is 7.79. The normalized spacial score (nSPS) is 20.5. The first-order valence-electron chi connectivity index (χ1n) is 12.2. The molecule has 35 heavy (non-hydrogen) atoms. The molecule has 7 rings (SSSR count). The molecule has 0 radical (unpaired) electrons. The van der Waals surface area contributed by atoms with E-state index in [4.69, 9.17) is 0 Å². The minimum Gasteiger partial charge on any atom is -0.360 e. The van der Waals surface area contributed by atoms with Gasteiger partial charge in [0.25, 0.3) is 5.91 Å². The Kier molecular flexibility index (Phi) is 4.54. The number of aromatic nitrogens is 1. The average Bonchev–Trinajstić information content (AvgIpc) is 3.42. The van der Waals surface area contributed by atoms with Gasteiger partial charge in [-0.25, -0.2) is 0 Å². The third-order valence-electron chi connectivity index (χ3n) is 7.81. The molecule has 3 aliphatic heterocycles. The van der Waals surface area contributed by atoms with Gasteiger partial charge in [-0.3, -0.25) is 14.5 Å². The van der Waals surface area contributed by atoms with Crippen molar-refractivity contribution in [1.82, 2.24) is 14.8 Å².